The summed E-state index contributed by atoms with van der Waals surface area (Å²) in [4.78, 5) is 16.7. The zero-order valence-electron chi connectivity index (χ0n) is 15.5. The molecule has 1 amide bonds. The number of nitrogens with one attached hydrogen (secondary N) is 1. The Kier molecular flexibility index (Phi) is 5.49. The van der Waals surface area contributed by atoms with E-state index in [-0.39, 0.29) is 12.1 Å². The number of hydrogen-bond donors (Lipinski definition) is 1. The van der Waals surface area contributed by atoms with Crippen LogP contribution in [-0.4, -0.2) is 62.5 Å². The van der Waals surface area contributed by atoms with Crippen LogP contribution in [0.2, 0.25) is 0 Å². The van der Waals surface area contributed by atoms with Crippen LogP contribution in [0.15, 0.2) is 24.3 Å². The van der Waals surface area contributed by atoms with Gasteiger partial charge in [-0.2, -0.15) is 0 Å². The first-order valence-electron chi connectivity index (χ1n) is 9.07. The van der Waals surface area contributed by atoms with Gasteiger partial charge in [-0.15, -0.1) is 0 Å². The van der Waals surface area contributed by atoms with Crippen LogP contribution in [0, 0.1) is 0 Å². The number of carbonyl (C=O) groups is 1. The topological polar surface area (TPSA) is 54.0 Å². The summed E-state index contributed by atoms with van der Waals surface area (Å²) in [5.41, 5.74) is 1.86. The summed E-state index contributed by atoms with van der Waals surface area (Å²) in [6.45, 7) is 11.3. The van der Waals surface area contributed by atoms with Crippen LogP contribution in [0.25, 0.3) is 0 Å². The van der Waals surface area contributed by atoms with E-state index in [1.807, 2.05) is 25.7 Å². The molecule has 138 valence electrons. The highest BCUT2D eigenvalue weighted by Gasteiger charge is 2.31. The van der Waals surface area contributed by atoms with E-state index < -0.39 is 5.60 Å². The molecule has 0 spiro atoms. The Morgan fingerprint density at radius 3 is 2.48 bits per heavy atom. The van der Waals surface area contributed by atoms with Crippen molar-refractivity contribution in [3.8, 4) is 0 Å². The van der Waals surface area contributed by atoms with E-state index in [9.17, 15) is 4.79 Å². The number of benzene rings is 1. The van der Waals surface area contributed by atoms with Crippen LogP contribution >= 0.6 is 0 Å². The zero-order valence-corrected chi connectivity index (χ0v) is 15.5. The van der Waals surface area contributed by atoms with Gasteiger partial charge >= 0.3 is 6.09 Å². The second-order valence-corrected chi connectivity index (χ2v) is 7.58. The van der Waals surface area contributed by atoms with Crippen molar-refractivity contribution in [2.24, 2.45) is 0 Å². The average Bonchev–Trinajstić information content (AvgIpc) is 2.61. The number of morpholine rings is 1. The summed E-state index contributed by atoms with van der Waals surface area (Å²) >= 11 is 0. The molecule has 25 heavy (non-hydrogen) atoms. The van der Waals surface area contributed by atoms with Crippen LogP contribution in [0.3, 0.4) is 0 Å². The molecule has 1 aromatic carbocycles. The normalized spacial score (nSPS) is 22.0. The predicted molar refractivity (Wildman–Crippen MR) is 98.0 cm³/mol. The van der Waals surface area contributed by atoms with Crippen molar-refractivity contribution in [1.29, 1.82) is 0 Å². The van der Waals surface area contributed by atoms with Crippen LogP contribution in [0.4, 0.5) is 10.5 Å². The summed E-state index contributed by atoms with van der Waals surface area (Å²) in [6.07, 6.45) is -0.240. The Balaban J connectivity index is 1.72. The predicted octanol–water partition coefficient (Wildman–Crippen LogP) is 2.40. The Bertz CT molecular complexity index is 577. The van der Waals surface area contributed by atoms with Gasteiger partial charge in [0.1, 0.15) is 5.60 Å². The van der Waals surface area contributed by atoms with Gasteiger partial charge in [-0.25, -0.2) is 4.79 Å². The monoisotopic (exact) mass is 347 g/mol. The number of ether oxygens (including phenoxy) is 2. The maximum atomic E-state index is 12.6. The average molecular weight is 347 g/mol. The van der Waals surface area contributed by atoms with Crippen molar-refractivity contribution in [1.82, 2.24) is 10.2 Å². The first-order valence-corrected chi connectivity index (χ1v) is 9.07. The molecule has 0 aliphatic carbocycles. The Labute approximate surface area is 150 Å². The summed E-state index contributed by atoms with van der Waals surface area (Å²) in [6, 6.07) is 8.53. The van der Waals surface area contributed by atoms with E-state index in [2.05, 4.69) is 34.5 Å². The molecule has 0 saturated carbocycles. The lowest BCUT2D eigenvalue weighted by Gasteiger charge is -2.37. The van der Waals surface area contributed by atoms with Gasteiger partial charge in [0.2, 0.25) is 0 Å². The van der Waals surface area contributed by atoms with Gasteiger partial charge in [-0.3, -0.25) is 4.90 Å². The number of anilines is 1. The number of hydrogen-bond acceptors (Lipinski definition) is 5. The van der Waals surface area contributed by atoms with Gasteiger partial charge < -0.3 is 19.7 Å². The minimum atomic E-state index is -0.479. The van der Waals surface area contributed by atoms with E-state index in [4.69, 9.17) is 9.47 Å². The Morgan fingerprint density at radius 2 is 1.84 bits per heavy atom. The maximum absolute atomic E-state index is 12.6. The third kappa shape index (κ3) is 4.64. The summed E-state index contributed by atoms with van der Waals surface area (Å²) in [5, 5.41) is 3.38. The second kappa shape index (κ2) is 7.62. The van der Waals surface area contributed by atoms with E-state index in [1.165, 1.54) is 5.69 Å². The molecule has 3 rings (SSSR count). The molecule has 0 radical (unpaired) electrons. The van der Waals surface area contributed by atoms with Gasteiger partial charge in [-0.05, 0) is 38.5 Å². The molecular weight excluding hydrogens is 318 g/mol. The summed E-state index contributed by atoms with van der Waals surface area (Å²) < 4.78 is 11.0. The third-order valence-electron chi connectivity index (χ3n) is 4.53. The molecule has 1 N–H and O–H groups in total. The van der Waals surface area contributed by atoms with Crippen molar-refractivity contribution < 1.29 is 14.3 Å². The van der Waals surface area contributed by atoms with Gasteiger partial charge in [0.05, 0.1) is 19.3 Å². The fourth-order valence-corrected chi connectivity index (χ4v) is 3.27. The lowest BCUT2D eigenvalue weighted by atomic mass is 10.0. The largest absolute Gasteiger partial charge is 0.444 e. The molecule has 2 saturated heterocycles. The van der Waals surface area contributed by atoms with E-state index in [1.54, 1.807) is 0 Å². The maximum Gasteiger partial charge on any atom is 0.410 e. The number of piperazine rings is 1. The van der Waals surface area contributed by atoms with Crippen LogP contribution < -0.4 is 10.2 Å². The van der Waals surface area contributed by atoms with Crippen LogP contribution in [0.1, 0.15) is 32.4 Å². The highest BCUT2D eigenvalue weighted by atomic mass is 16.6. The van der Waals surface area contributed by atoms with E-state index in [0.717, 1.165) is 45.0 Å². The second-order valence-electron chi connectivity index (χ2n) is 7.58. The highest BCUT2D eigenvalue weighted by molar-refractivity contribution is 5.69. The first-order chi connectivity index (χ1) is 11.9. The van der Waals surface area contributed by atoms with Crippen molar-refractivity contribution in [2.45, 2.75) is 32.4 Å². The lowest BCUT2D eigenvalue weighted by molar-refractivity contribution is 0.0118. The van der Waals surface area contributed by atoms with Gasteiger partial charge in [0, 0.05) is 38.4 Å². The van der Waals surface area contributed by atoms with E-state index >= 15 is 0 Å². The van der Waals surface area contributed by atoms with Gasteiger partial charge in [0.15, 0.2) is 0 Å². The minimum absolute atomic E-state index is 0.00217. The molecule has 6 heteroatoms. The third-order valence-corrected chi connectivity index (χ3v) is 4.53. The quantitative estimate of drug-likeness (QED) is 0.890. The molecule has 2 heterocycles. The van der Waals surface area contributed by atoms with Crippen molar-refractivity contribution in [2.75, 3.05) is 50.8 Å². The molecule has 2 fully saturated rings. The van der Waals surface area contributed by atoms with Crippen molar-refractivity contribution in [3.63, 3.8) is 0 Å². The smallest absolute Gasteiger partial charge is 0.410 e. The SMILES string of the molecule is CC(C)(C)OC(=O)N1CCNCC1c1ccc(N2CCOCC2)cc1. The van der Waals surface area contributed by atoms with Crippen molar-refractivity contribution in [3.05, 3.63) is 29.8 Å². The fourth-order valence-electron chi connectivity index (χ4n) is 3.27. The van der Waals surface area contributed by atoms with Crippen LogP contribution in [-0.2, 0) is 9.47 Å². The molecule has 2 aliphatic heterocycles. The molecule has 0 bridgehead atoms. The van der Waals surface area contributed by atoms with Gasteiger partial charge in [-0.1, -0.05) is 12.1 Å². The fraction of sp³-hybridized carbons (Fsp3) is 0.632. The number of amides is 1. The molecule has 6 nitrogen and oxygen atoms in total. The molecule has 1 atom stereocenters. The molecule has 1 unspecified atom stereocenters. The Morgan fingerprint density at radius 1 is 1.16 bits per heavy atom. The van der Waals surface area contributed by atoms with Crippen molar-refractivity contribution >= 4 is 11.8 Å². The molecular formula is C19H29N3O3. The zero-order chi connectivity index (χ0) is 17.9. The molecule has 1 aromatic rings. The number of nitrogens with zero attached hydrogens (tertiary/aromatic N) is 2. The minimum Gasteiger partial charge on any atom is -0.444 e. The number of rotatable bonds is 2. The van der Waals surface area contributed by atoms with E-state index in [0.29, 0.717) is 6.54 Å². The lowest BCUT2D eigenvalue weighted by Crippen LogP contribution is -2.50. The standard InChI is InChI=1S/C19H29N3O3/c1-19(2,3)25-18(23)22-9-8-20-14-17(22)15-4-6-16(7-5-15)21-10-12-24-13-11-21/h4-7,17,20H,8-14H2,1-3H3. The number of carbonyl (C=O) groups excluding carboxylic acids is 1. The molecule has 0 aromatic heterocycles. The molecule has 2 aliphatic rings. The summed E-state index contributed by atoms with van der Waals surface area (Å²) in [5.74, 6) is 0. The Hall–Kier alpha value is -1.79. The summed E-state index contributed by atoms with van der Waals surface area (Å²) in [7, 11) is 0. The van der Waals surface area contributed by atoms with Crippen LogP contribution in [0.5, 0.6) is 0 Å². The highest BCUT2D eigenvalue weighted by Crippen LogP contribution is 2.27. The van der Waals surface area contributed by atoms with Gasteiger partial charge in [0.25, 0.3) is 0 Å². The first kappa shape index (κ1) is 18.0.